The molecule has 1 unspecified atom stereocenters. The van der Waals surface area contributed by atoms with Gasteiger partial charge in [-0.05, 0) is 82.2 Å². The van der Waals surface area contributed by atoms with Crippen LogP contribution < -0.4 is 15.4 Å². The van der Waals surface area contributed by atoms with Gasteiger partial charge in [0.1, 0.15) is 0 Å². The molecule has 0 aromatic heterocycles. The van der Waals surface area contributed by atoms with Gasteiger partial charge in [-0.2, -0.15) is 0 Å². The van der Waals surface area contributed by atoms with Gasteiger partial charge in [0.25, 0.3) is 0 Å². The largest absolute Gasteiger partial charge is 0.490 e. The maximum atomic E-state index is 14.5. The Bertz CT molecular complexity index is 709. The third-order valence-electron chi connectivity index (χ3n) is 6.15. The highest BCUT2D eigenvalue weighted by atomic mass is 127. The van der Waals surface area contributed by atoms with Crippen molar-refractivity contribution in [1.29, 1.82) is 0 Å². The number of piperidine rings is 1. The third-order valence-corrected chi connectivity index (χ3v) is 6.15. The smallest absolute Gasteiger partial charge is 0.191 e. The molecule has 1 atom stereocenters. The molecule has 1 saturated carbocycles. The lowest BCUT2D eigenvalue weighted by Gasteiger charge is -2.31. The predicted octanol–water partition coefficient (Wildman–Crippen LogP) is 4.21. The van der Waals surface area contributed by atoms with Gasteiger partial charge < -0.3 is 25.0 Å². The number of aliphatic imine (C=N–C) groups is 1. The van der Waals surface area contributed by atoms with Crippen LogP contribution in [0.25, 0.3) is 0 Å². The van der Waals surface area contributed by atoms with E-state index in [0.29, 0.717) is 24.2 Å². The van der Waals surface area contributed by atoms with Crippen LogP contribution in [0, 0.1) is 17.7 Å². The molecule has 0 amide bonds. The Morgan fingerprint density at radius 2 is 1.97 bits per heavy atom. The summed E-state index contributed by atoms with van der Waals surface area (Å²) >= 11 is 0. The van der Waals surface area contributed by atoms with Gasteiger partial charge in [0.15, 0.2) is 17.5 Å². The monoisotopic (exact) mass is 562 g/mol. The lowest BCUT2D eigenvalue weighted by molar-refractivity contribution is 0.121. The van der Waals surface area contributed by atoms with E-state index in [-0.39, 0.29) is 35.8 Å². The number of benzene rings is 1. The van der Waals surface area contributed by atoms with Crippen molar-refractivity contribution in [2.75, 3.05) is 53.0 Å². The average Bonchev–Trinajstić information content (AvgIpc) is 3.60. The number of hydrogen-bond acceptors (Lipinski definition) is 4. The molecule has 2 fully saturated rings. The number of nitrogens with one attached hydrogen (secondary N) is 2. The molecule has 3 rings (SSSR count). The van der Waals surface area contributed by atoms with Gasteiger partial charge in [-0.25, -0.2) is 4.39 Å². The average molecular weight is 563 g/mol. The molecule has 2 aliphatic rings. The Hall–Kier alpha value is -1.13. The molecule has 32 heavy (non-hydrogen) atoms. The Kier molecular flexibility index (Phi) is 12.0. The van der Waals surface area contributed by atoms with Crippen LogP contribution in [-0.2, 0) is 4.74 Å². The topological polar surface area (TPSA) is 58.1 Å². The molecule has 0 spiro atoms. The van der Waals surface area contributed by atoms with Crippen LogP contribution in [0.4, 0.5) is 4.39 Å². The van der Waals surface area contributed by atoms with Crippen LogP contribution in [0.3, 0.4) is 0 Å². The van der Waals surface area contributed by atoms with E-state index in [9.17, 15) is 4.39 Å². The Balaban J connectivity index is 0.00000363. The van der Waals surface area contributed by atoms with Gasteiger partial charge in [0.05, 0.1) is 19.3 Å². The zero-order valence-corrected chi connectivity index (χ0v) is 22.1. The second kappa shape index (κ2) is 14.2. The van der Waals surface area contributed by atoms with E-state index in [1.165, 1.54) is 12.8 Å². The van der Waals surface area contributed by atoms with Crippen LogP contribution >= 0.6 is 24.0 Å². The third kappa shape index (κ3) is 9.02. The highest BCUT2D eigenvalue weighted by Gasteiger charge is 2.23. The van der Waals surface area contributed by atoms with Crippen LogP contribution in [-0.4, -0.2) is 63.9 Å². The molecule has 1 saturated heterocycles. The molecule has 1 aromatic carbocycles. The van der Waals surface area contributed by atoms with Crippen molar-refractivity contribution in [3.05, 3.63) is 29.6 Å². The lowest BCUT2D eigenvalue weighted by atomic mass is 9.97. The molecule has 1 aromatic rings. The standard InChI is InChI=1S/C24H39FN4O2.HI/c1-4-26-24(27-16-19-9-11-29(12-10-19)13-14-30-3)28-18(2)21-7-8-23(22(25)15-21)31-17-20-5-6-20;/h7-8,15,18-20H,4-6,9-14,16-17H2,1-3H3,(H2,26,27,28);1H. The minimum Gasteiger partial charge on any atom is -0.490 e. The van der Waals surface area contributed by atoms with E-state index < -0.39 is 0 Å². The summed E-state index contributed by atoms with van der Waals surface area (Å²) in [7, 11) is 1.75. The zero-order chi connectivity index (χ0) is 22.1. The van der Waals surface area contributed by atoms with Crippen molar-refractivity contribution >= 4 is 29.9 Å². The molecular weight excluding hydrogens is 522 g/mol. The first-order valence-electron chi connectivity index (χ1n) is 11.8. The lowest BCUT2D eigenvalue weighted by Crippen LogP contribution is -2.40. The maximum Gasteiger partial charge on any atom is 0.191 e. The first kappa shape index (κ1) is 27.1. The van der Waals surface area contributed by atoms with Crippen LogP contribution in [0.2, 0.25) is 0 Å². The quantitative estimate of drug-likeness (QED) is 0.241. The minimum absolute atomic E-state index is 0. The summed E-state index contributed by atoms with van der Waals surface area (Å²) in [5.74, 6) is 2.04. The number of likely N-dealkylation sites (tertiary alicyclic amines) is 1. The van der Waals surface area contributed by atoms with Gasteiger partial charge in [-0.15, -0.1) is 24.0 Å². The van der Waals surface area contributed by atoms with E-state index in [1.54, 1.807) is 19.2 Å². The summed E-state index contributed by atoms with van der Waals surface area (Å²) in [4.78, 5) is 7.28. The van der Waals surface area contributed by atoms with Crippen molar-refractivity contribution in [3.63, 3.8) is 0 Å². The van der Waals surface area contributed by atoms with Crippen molar-refractivity contribution < 1.29 is 13.9 Å². The van der Waals surface area contributed by atoms with Crippen molar-refractivity contribution in [2.45, 2.75) is 45.6 Å². The molecule has 6 nitrogen and oxygen atoms in total. The molecule has 1 aliphatic carbocycles. The summed E-state index contributed by atoms with van der Waals surface area (Å²) in [6.45, 7) is 10.3. The second-order valence-electron chi connectivity index (χ2n) is 8.81. The number of halogens is 2. The second-order valence-corrected chi connectivity index (χ2v) is 8.81. The molecule has 182 valence electrons. The number of rotatable bonds is 11. The first-order valence-corrected chi connectivity index (χ1v) is 11.8. The van der Waals surface area contributed by atoms with E-state index in [2.05, 4.69) is 22.5 Å². The Morgan fingerprint density at radius 1 is 1.22 bits per heavy atom. The maximum absolute atomic E-state index is 14.5. The Morgan fingerprint density at radius 3 is 2.59 bits per heavy atom. The molecule has 8 heteroatoms. The van der Waals surface area contributed by atoms with Crippen LogP contribution in [0.15, 0.2) is 23.2 Å². The predicted molar refractivity (Wildman–Crippen MR) is 139 cm³/mol. The summed E-state index contributed by atoms with van der Waals surface area (Å²) in [6.07, 6.45) is 4.71. The van der Waals surface area contributed by atoms with E-state index in [4.69, 9.17) is 14.5 Å². The normalized spacial score (nSPS) is 18.7. The van der Waals surface area contributed by atoms with Gasteiger partial charge in [0.2, 0.25) is 0 Å². The molecule has 0 radical (unpaired) electrons. The number of methoxy groups -OCH3 is 1. The molecular formula is C24H40FIN4O2. The summed E-state index contributed by atoms with van der Waals surface area (Å²) in [5, 5.41) is 6.74. The first-order chi connectivity index (χ1) is 15.1. The van der Waals surface area contributed by atoms with E-state index in [1.807, 2.05) is 13.0 Å². The minimum atomic E-state index is -0.297. The number of guanidine groups is 1. The molecule has 1 heterocycles. The summed E-state index contributed by atoms with van der Waals surface area (Å²) in [6, 6.07) is 5.19. The molecule has 2 N–H and O–H groups in total. The SMILES string of the molecule is CCNC(=NCC1CCN(CCOC)CC1)NC(C)c1ccc(OCC2CC2)c(F)c1.I. The molecule has 1 aliphatic heterocycles. The van der Waals surface area contributed by atoms with Crippen LogP contribution in [0.5, 0.6) is 5.75 Å². The van der Waals surface area contributed by atoms with Gasteiger partial charge in [-0.3, -0.25) is 4.99 Å². The number of hydrogen-bond donors (Lipinski definition) is 2. The van der Waals surface area contributed by atoms with E-state index >= 15 is 0 Å². The highest BCUT2D eigenvalue weighted by Crippen LogP contribution is 2.30. The van der Waals surface area contributed by atoms with Crippen LogP contribution in [0.1, 0.15) is 51.1 Å². The summed E-state index contributed by atoms with van der Waals surface area (Å²) < 4.78 is 25.2. The van der Waals surface area contributed by atoms with E-state index in [0.717, 1.165) is 63.7 Å². The van der Waals surface area contributed by atoms with Gasteiger partial charge in [-0.1, -0.05) is 6.07 Å². The van der Waals surface area contributed by atoms with Gasteiger partial charge >= 0.3 is 0 Å². The van der Waals surface area contributed by atoms with Crippen molar-refractivity contribution in [1.82, 2.24) is 15.5 Å². The zero-order valence-electron chi connectivity index (χ0n) is 19.7. The molecule has 0 bridgehead atoms. The van der Waals surface area contributed by atoms with Gasteiger partial charge in [0, 0.05) is 26.7 Å². The number of ether oxygens (including phenoxy) is 2. The summed E-state index contributed by atoms with van der Waals surface area (Å²) in [5.41, 5.74) is 0.883. The number of nitrogens with zero attached hydrogens (tertiary/aromatic N) is 2. The van der Waals surface area contributed by atoms with Crippen molar-refractivity contribution in [2.24, 2.45) is 16.8 Å². The van der Waals surface area contributed by atoms with Crippen molar-refractivity contribution in [3.8, 4) is 5.75 Å². The fraction of sp³-hybridized carbons (Fsp3) is 0.708. The Labute approximate surface area is 209 Å². The highest BCUT2D eigenvalue weighted by molar-refractivity contribution is 14.0. The fourth-order valence-corrected chi connectivity index (χ4v) is 3.84. The fourth-order valence-electron chi connectivity index (χ4n) is 3.84.